The molecule has 3 rings (SSSR count). The summed E-state index contributed by atoms with van der Waals surface area (Å²) in [6, 6.07) is 6.68. The van der Waals surface area contributed by atoms with Crippen LogP contribution in [-0.4, -0.2) is 21.8 Å². The molecule has 0 saturated carbocycles. The first-order valence-electron chi connectivity index (χ1n) is 7.28. The quantitative estimate of drug-likeness (QED) is 0.426. The van der Waals surface area contributed by atoms with Gasteiger partial charge in [-0.1, -0.05) is 29.3 Å². The van der Waals surface area contributed by atoms with Crippen LogP contribution in [-0.2, 0) is 6.18 Å². The average Bonchev–Trinajstić information content (AvgIpc) is 2.96. The van der Waals surface area contributed by atoms with Crippen LogP contribution in [0.5, 0.6) is 0 Å². The van der Waals surface area contributed by atoms with Crippen molar-refractivity contribution >= 4 is 52.1 Å². The highest BCUT2D eigenvalue weighted by atomic mass is 35.5. The van der Waals surface area contributed by atoms with Crippen molar-refractivity contribution in [3.8, 4) is 0 Å². The largest absolute Gasteiger partial charge is 0.416 e. The Hall–Kier alpha value is -2.78. The Balaban J connectivity index is 2.06. The van der Waals surface area contributed by atoms with Gasteiger partial charge in [0.15, 0.2) is 0 Å². The molecule has 0 atom stereocenters. The van der Waals surface area contributed by atoms with E-state index in [1.165, 1.54) is 18.2 Å². The van der Waals surface area contributed by atoms with Crippen LogP contribution in [0.25, 0.3) is 11.0 Å². The van der Waals surface area contributed by atoms with E-state index in [-0.39, 0.29) is 21.6 Å². The number of aromatic amines is 1. The molecule has 0 aliphatic rings. The summed E-state index contributed by atoms with van der Waals surface area (Å²) in [5, 5.41) is 8.11. The second-order valence-electron chi connectivity index (χ2n) is 5.45. The molecule has 1 aromatic heterocycles. The number of nitrogens with zero attached hydrogens (tertiary/aromatic N) is 2. The molecule has 0 fully saturated rings. The van der Waals surface area contributed by atoms with Gasteiger partial charge < -0.3 is 10.7 Å². The van der Waals surface area contributed by atoms with E-state index in [9.17, 15) is 18.0 Å². The topological polar surface area (TPSA) is 98.9 Å². The fourth-order valence-corrected chi connectivity index (χ4v) is 2.70. The number of anilines is 1. The maximum atomic E-state index is 12.9. The highest BCUT2D eigenvalue weighted by molar-refractivity contribution is 6.42. The maximum absolute atomic E-state index is 12.9. The molecule has 0 unspecified atom stereocenters. The third-order valence-corrected chi connectivity index (χ3v) is 4.33. The van der Waals surface area contributed by atoms with Crippen LogP contribution in [0.15, 0.2) is 36.4 Å². The number of carbonyl (C=O) groups is 1. The van der Waals surface area contributed by atoms with E-state index in [1.807, 2.05) is 0 Å². The first-order chi connectivity index (χ1) is 12.6. The summed E-state index contributed by atoms with van der Waals surface area (Å²) < 4.78 is 38.7. The normalized spacial score (nSPS) is 11.6. The lowest BCUT2D eigenvalue weighted by atomic mass is 10.1. The molecule has 4 N–H and O–H groups in total. The minimum absolute atomic E-state index is 0.154. The van der Waals surface area contributed by atoms with E-state index in [1.54, 1.807) is 0 Å². The molecule has 6 nitrogen and oxygen atoms in total. The number of imidazole rings is 1. The second-order valence-corrected chi connectivity index (χ2v) is 6.26. The summed E-state index contributed by atoms with van der Waals surface area (Å²) in [5.74, 6) is -1.84. The van der Waals surface area contributed by atoms with E-state index < -0.39 is 23.6 Å². The van der Waals surface area contributed by atoms with E-state index in [2.05, 4.69) is 9.97 Å². The van der Waals surface area contributed by atoms with E-state index in [0.29, 0.717) is 22.0 Å². The molecule has 0 radical (unpaired) electrons. The highest BCUT2D eigenvalue weighted by Gasteiger charge is 2.32. The molecule has 11 heteroatoms. The Morgan fingerprint density at radius 2 is 1.85 bits per heavy atom. The monoisotopic (exact) mass is 415 g/mol. The van der Waals surface area contributed by atoms with Gasteiger partial charge in [-0.3, -0.25) is 10.2 Å². The summed E-state index contributed by atoms with van der Waals surface area (Å²) in [6.07, 6.45) is -4.62. The zero-order valence-corrected chi connectivity index (χ0v) is 14.7. The van der Waals surface area contributed by atoms with Crippen molar-refractivity contribution in [1.82, 2.24) is 9.97 Å². The highest BCUT2D eigenvalue weighted by Crippen LogP contribution is 2.31. The number of amides is 1. The summed E-state index contributed by atoms with van der Waals surface area (Å²) in [7, 11) is 0. The van der Waals surface area contributed by atoms with Crippen LogP contribution in [0.2, 0.25) is 10.0 Å². The molecule has 2 aromatic carbocycles. The zero-order valence-electron chi connectivity index (χ0n) is 13.2. The van der Waals surface area contributed by atoms with Crippen molar-refractivity contribution < 1.29 is 18.0 Å². The summed E-state index contributed by atoms with van der Waals surface area (Å²) in [6.45, 7) is 0. The molecule has 0 aliphatic heterocycles. The maximum Gasteiger partial charge on any atom is 0.416 e. The first kappa shape index (κ1) is 19.0. The van der Waals surface area contributed by atoms with Gasteiger partial charge in [-0.25, -0.2) is 9.88 Å². The Kier molecular flexibility index (Phi) is 4.75. The van der Waals surface area contributed by atoms with Gasteiger partial charge in [0, 0.05) is 5.56 Å². The number of aromatic nitrogens is 2. The molecule has 27 heavy (non-hydrogen) atoms. The van der Waals surface area contributed by atoms with Crippen molar-refractivity contribution in [2.75, 3.05) is 4.90 Å². The molecule has 3 aromatic rings. The molecular formula is C16H10Cl2F3N5O. The summed E-state index contributed by atoms with van der Waals surface area (Å²) >= 11 is 11.8. The van der Waals surface area contributed by atoms with Gasteiger partial charge in [0.25, 0.3) is 5.91 Å². The van der Waals surface area contributed by atoms with Crippen molar-refractivity contribution in [1.29, 1.82) is 5.41 Å². The molecule has 0 saturated heterocycles. The lowest BCUT2D eigenvalue weighted by molar-refractivity contribution is -0.137. The number of guanidine groups is 1. The van der Waals surface area contributed by atoms with E-state index >= 15 is 0 Å². The Morgan fingerprint density at radius 1 is 1.19 bits per heavy atom. The van der Waals surface area contributed by atoms with Gasteiger partial charge in [0.2, 0.25) is 11.9 Å². The fraction of sp³-hybridized carbons (Fsp3) is 0.0625. The van der Waals surface area contributed by atoms with Crippen molar-refractivity contribution in [2.24, 2.45) is 5.73 Å². The van der Waals surface area contributed by atoms with Crippen LogP contribution >= 0.6 is 23.2 Å². The Morgan fingerprint density at radius 3 is 2.48 bits per heavy atom. The third-order valence-electron chi connectivity index (χ3n) is 3.60. The standard InChI is InChI=1S/C16H10Cl2F3N5O/c17-9-5-11-12(6-10(9)18)25-15(24-11)26(14(22)23)13(27)7-2-1-3-8(4-7)16(19,20)21/h1-6H,(H3,22,23)(H,24,25). The Bertz CT molecular complexity index is 1020. The summed E-state index contributed by atoms with van der Waals surface area (Å²) in [4.78, 5) is 20.2. The van der Waals surface area contributed by atoms with Gasteiger partial charge in [0.1, 0.15) is 0 Å². The van der Waals surface area contributed by atoms with Gasteiger partial charge in [-0.2, -0.15) is 13.2 Å². The molecule has 0 spiro atoms. The SMILES string of the molecule is N=C(N)N(C(=O)c1cccc(C(F)(F)F)c1)c1nc2cc(Cl)c(Cl)cc2[nH]1. The number of hydrogen-bond acceptors (Lipinski definition) is 3. The Labute approximate surface area is 160 Å². The van der Waals surface area contributed by atoms with Crippen LogP contribution in [0.4, 0.5) is 19.1 Å². The number of halogens is 5. The number of nitrogens with two attached hydrogens (primary N) is 1. The second kappa shape index (κ2) is 6.75. The molecular weight excluding hydrogens is 406 g/mol. The van der Waals surface area contributed by atoms with Crippen molar-refractivity contribution in [2.45, 2.75) is 6.18 Å². The lowest BCUT2D eigenvalue weighted by Gasteiger charge is -2.18. The van der Waals surface area contributed by atoms with Crippen LogP contribution in [0.1, 0.15) is 15.9 Å². The zero-order chi connectivity index (χ0) is 19.9. The minimum atomic E-state index is -4.62. The van der Waals surface area contributed by atoms with Gasteiger partial charge >= 0.3 is 6.18 Å². The molecule has 0 aliphatic carbocycles. The number of alkyl halides is 3. The van der Waals surface area contributed by atoms with Gasteiger partial charge in [0.05, 0.1) is 26.6 Å². The van der Waals surface area contributed by atoms with Crippen LogP contribution in [0.3, 0.4) is 0 Å². The number of carbonyl (C=O) groups excluding carboxylic acids is 1. The lowest BCUT2D eigenvalue weighted by Crippen LogP contribution is -2.42. The fourth-order valence-electron chi connectivity index (χ4n) is 2.37. The molecule has 1 heterocycles. The first-order valence-corrected chi connectivity index (χ1v) is 8.04. The number of benzene rings is 2. The molecule has 1 amide bonds. The number of nitrogens with one attached hydrogen (secondary N) is 2. The number of hydrogen-bond donors (Lipinski definition) is 3. The summed E-state index contributed by atoms with van der Waals surface area (Å²) in [5.41, 5.74) is 4.90. The molecule has 0 bridgehead atoms. The third kappa shape index (κ3) is 3.69. The predicted molar refractivity (Wildman–Crippen MR) is 96.3 cm³/mol. The van der Waals surface area contributed by atoms with E-state index in [4.69, 9.17) is 34.3 Å². The van der Waals surface area contributed by atoms with Crippen molar-refractivity contribution in [3.63, 3.8) is 0 Å². The predicted octanol–water partition coefficient (Wildman–Crippen LogP) is 4.43. The molecule has 140 valence electrons. The smallest absolute Gasteiger partial charge is 0.369 e. The average molecular weight is 416 g/mol. The van der Waals surface area contributed by atoms with Crippen molar-refractivity contribution in [3.05, 3.63) is 57.6 Å². The number of H-pyrrole nitrogens is 1. The number of rotatable bonds is 2. The minimum Gasteiger partial charge on any atom is -0.369 e. The van der Waals surface area contributed by atoms with Crippen LogP contribution < -0.4 is 10.6 Å². The van der Waals surface area contributed by atoms with E-state index in [0.717, 1.165) is 12.1 Å². The number of fused-ring (bicyclic) bond motifs is 1. The van der Waals surface area contributed by atoms with Gasteiger partial charge in [-0.05, 0) is 30.3 Å². The van der Waals surface area contributed by atoms with Gasteiger partial charge in [-0.15, -0.1) is 0 Å². The van der Waals surface area contributed by atoms with Crippen LogP contribution in [0, 0.1) is 5.41 Å².